The smallest absolute Gasteiger partial charge is 0.325 e. The van der Waals surface area contributed by atoms with Crippen molar-refractivity contribution < 1.29 is 19.1 Å². The molecule has 0 aromatic heterocycles. The molecule has 0 atom stereocenters. The molecule has 0 saturated carbocycles. The summed E-state index contributed by atoms with van der Waals surface area (Å²) in [6, 6.07) is 9.94. The fraction of sp³-hybridized carbons (Fsp3) is 0.667. The van der Waals surface area contributed by atoms with Gasteiger partial charge in [-0.1, -0.05) is 69.6 Å². The summed E-state index contributed by atoms with van der Waals surface area (Å²) in [5, 5.41) is 0. The van der Waals surface area contributed by atoms with E-state index in [4.69, 9.17) is 14.5 Å². The monoisotopic (exact) mass is 342 g/mol. The van der Waals surface area contributed by atoms with Crippen molar-refractivity contribution in [1.82, 2.24) is 0 Å². The molecule has 1 rings (SSSR count). The third-order valence-corrected chi connectivity index (χ3v) is 4.75. The van der Waals surface area contributed by atoms with Gasteiger partial charge in [-0.05, 0) is 25.0 Å². The van der Waals surface area contributed by atoms with E-state index < -0.39 is 7.60 Å². The second-order valence-corrected chi connectivity index (χ2v) is 7.86. The lowest BCUT2D eigenvalue weighted by Gasteiger charge is -2.06. The van der Waals surface area contributed by atoms with Gasteiger partial charge in [0, 0.05) is 6.16 Å². The van der Waals surface area contributed by atoms with Crippen LogP contribution in [0.1, 0.15) is 64.2 Å². The average molecular weight is 342 g/mol. The summed E-state index contributed by atoms with van der Waals surface area (Å²) in [4.78, 5) is 17.5. The zero-order chi connectivity index (χ0) is 16.8. The lowest BCUT2D eigenvalue weighted by Crippen LogP contribution is -1.96. The summed E-state index contributed by atoms with van der Waals surface area (Å²) in [6.45, 7) is 0.795. The van der Waals surface area contributed by atoms with Gasteiger partial charge in [0.2, 0.25) is 0 Å². The van der Waals surface area contributed by atoms with Gasteiger partial charge in [-0.2, -0.15) is 0 Å². The highest BCUT2D eigenvalue weighted by molar-refractivity contribution is 7.51. The molecule has 0 bridgehead atoms. The van der Waals surface area contributed by atoms with Crippen LogP contribution < -0.4 is 4.74 Å². The predicted molar refractivity (Wildman–Crippen MR) is 95.0 cm³/mol. The lowest BCUT2D eigenvalue weighted by molar-refractivity contribution is 0.304. The Morgan fingerprint density at radius 3 is 1.74 bits per heavy atom. The first-order valence-electron chi connectivity index (χ1n) is 8.80. The number of para-hydroxylation sites is 1. The van der Waals surface area contributed by atoms with Gasteiger partial charge in [-0.15, -0.1) is 0 Å². The number of hydrogen-bond donors (Lipinski definition) is 2. The molecule has 0 amide bonds. The molecule has 1 aromatic rings. The van der Waals surface area contributed by atoms with Gasteiger partial charge in [0.25, 0.3) is 0 Å². The van der Waals surface area contributed by atoms with Crippen molar-refractivity contribution in [2.24, 2.45) is 0 Å². The van der Waals surface area contributed by atoms with Crippen LogP contribution in [0.25, 0.3) is 0 Å². The van der Waals surface area contributed by atoms with Gasteiger partial charge < -0.3 is 14.5 Å². The van der Waals surface area contributed by atoms with Crippen LogP contribution in [-0.2, 0) is 4.57 Å². The fourth-order valence-electron chi connectivity index (χ4n) is 2.54. The molecule has 2 N–H and O–H groups in total. The Balaban J connectivity index is 1.77. The highest BCUT2D eigenvalue weighted by Gasteiger charge is 2.10. The summed E-state index contributed by atoms with van der Waals surface area (Å²) in [6.07, 6.45) is 11.2. The number of rotatable bonds is 14. The first-order valence-corrected chi connectivity index (χ1v) is 10.6. The van der Waals surface area contributed by atoms with E-state index >= 15 is 0 Å². The SMILES string of the molecule is O=P(O)(O)CCCCCCCCCCCCOc1ccccc1. The molecule has 0 heterocycles. The van der Waals surface area contributed by atoms with E-state index in [2.05, 4.69) is 0 Å². The molecule has 0 unspecified atom stereocenters. The molecule has 0 spiro atoms. The Kier molecular flexibility index (Phi) is 11.1. The van der Waals surface area contributed by atoms with Gasteiger partial charge >= 0.3 is 7.60 Å². The van der Waals surface area contributed by atoms with Crippen molar-refractivity contribution in [3.8, 4) is 5.75 Å². The van der Waals surface area contributed by atoms with Crippen LogP contribution in [0.5, 0.6) is 5.75 Å². The number of benzene rings is 1. The van der Waals surface area contributed by atoms with E-state index in [0.29, 0.717) is 6.42 Å². The second-order valence-electron chi connectivity index (χ2n) is 6.09. The lowest BCUT2D eigenvalue weighted by atomic mass is 10.1. The first-order chi connectivity index (χ1) is 11.1. The van der Waals surface area contributed by atoms with Crippen molar-refractivity contribution in [2.45, 2.75) is 64.2 Å². The number of ether oxygens (including phenoxy) is 1. The van der Waals surface area contributed by atoms with Gasteiger partial charge in [0.15, 0.2) is 0 Å². The van der Waals surface area contributed by atoms with Crippen molar-refractivity contribution in [2.75, 3.05) is 12.8 Å². The van der Waals surface area contributed by atoms with Gasteiger partial charge in [0.05, 0.1) is 6.61 Å². The Morgan fingerprint density at radius 2 is 1.22 bits per heavy atom. The van der Waals surface area contributed by atoms with Crippen LogP contribution in [0.4, 0.5) is 0 Å². The maximum absolute atomic E-state index is 10.7. The van der Waals surface area contributed by atoms with Crippen LogP contribution in [0, 0.1) is 0 Å². The Hall–Kier alpha value is -0.830. The average Bonchev–Trinajstić information content (AvgIpc) is 2.52. The molecule has 0 radical (unpaired) electrons. The summed E-state index contributed by atoms with van der Waals surface area (Å²) >= 11 is 0. The quantitative estimate of drug-likeness (QED) is 0.363. The van der Waals surface area contributed by atoms with Gasteiger partial charge in [0.1, 0.15) is 5.75 Å². The molecule has 23 heavy (non-hydrogen) atoms. The third-order valence-electron chi connectivity index (χ3n) is 3.86. The van der Waals surface area contributed by atoms with Crippen LogP contribution in [0.3, 0.4) is 0 Å². The topological polar surface area (TPSA) is 66.8 Å². The third kappa shape index (κ3) is 13.3. The van der Waals surface area contributed by atoms with E-state index in [9.17, 15) is 4.57 Å². The van der Waals surface area contributed by atoms with Crippen LogP contribution >= 0.6 is 7.60 Å². The van der Waals surface area contributed by atoms with E-state index in [1.54, 1.807) is 0 Å². The van der Waals surface area contributed by atoms with Gasteiger partial charge in [-0.25, -0.2) is 0 Å². The summed E-state index contributed by atoms with van der Waals surface area (Å²) in [7, 11) is -3.78. The summed E-state index contributed by atoms with van der Waals surface area (Å²) < 4.78 is 16.3. The normalized spacial score (nSPS) is 11.6. The molecule has 0 fully saturated rings. The maximum atomic E-state index is 10.7. The largest absolute Gasteiger partial charge is 0.494 e. The van der Waals surface area contributed by atoms with Crippen molar-refractivity contribution in [3.05, 3.63) is 30.3 Å². The van der Waals surface area contributed by atoms with Crippen molar-refractivity contribution >= 4 is 7.60 Å². The Morgan fingerprint density at radius 1 is 0.739 bits per heavy atom. The Labute approximate surface area is 140 Å². The molecule has 0 saturated heterocycles. The highest BCUT2D eigenvalue weighted by atomic mass is 31.2. The molecule has 132 valence electrons. The zero-order valence-electron chi connectivity index (χ0n) is 14.0. The zero-order valence-corrected chi connectivity index (χ0v) is 14.9. The molecule has 5 heteroatoms. The molecule has 1 aromatic carbocycles. The maximum Gasteiger partial charge on any atom is 0.325 e. The van der Waals surface area contributed by atoms with E-state index in [0.717, 1.165) is 31.6 Å². The minimum atomic E-state index is -3.78. The Bertz CT molecular complexity index is 430. The number of unbranched alkanes of at least 4 members (excludes halogenated alkanes) is 9. The second kappa shape index (κ2) is 12.6. The molecule has 0 aliphatic rings. The minimum Gasteiger partial charge on any atom is -0.494 e. The summed E-state index contributed by atoms with van der Waals surface area (Å²) in [5.74, 6) is 0.950. The van der Waals surface area contributed by atoms with E-state index in [1.807, 2.05) is 30.3 Å². The van der Waals surface area contributed by atoms with E-state index in [-0.39, 0.29) is 6.16 Å². The molecule has 0 aliphatic carbocycles. The van der Waals surface area contributed by atoms with E-state index in [1.165, 1.54) is 38.5 Å². The van der Waals surface area contributed by atoms with Gasteiger partial charge in [-0.3, -0.25) is 4.57 Å². The minimum absolute atomic E-state index is 0.0397. The van der Waals surface area contributed by atoms with Crippen LogP contribution in [0.2, 0.25) is 0 Å². The first kappa shape index (κ1) is 20.2. The number of hydrogen-bond acceptors (Lipinski definition) is 2. The molecular weight excluding hydrogens is 311 g/mol. The molecule has 4 nitrogen and oxygen atoms in total. The summed E-state index contributed by atoms with van der Waals surface area (Å²) in [5.41, 5.74) is 0. The van der Waals surface area contributed by atoms with Crippen LogP contribution in [0.15, 0.2) is 30.3 Å². The fourth-order valence-corrected chi connectivity index (χ4v) is 3.18. The standard InChI is InChI=1S/C18H31O4P/c19-23(20,21)17-13-8-6-4-2-1-3-5-7-12-16-22-18-14-10-9-11-15-18/h9-11,14-15H,1-8,12-13,16-17H2,(H2,19,20,21). The van der Waals surface area contributed by atoms with Crippen molar-refractivity contribution in [3.63, 3.8) is 0 Å². The highest BCUT2D eigenvalue weighted by Crippen LogP contribution is 2.35. The van der Waals surface area contributed by atoms with Crippen LogP contribution in [-0.4, -0.2) is 22.6 Å². The predicted octanol–water partition coefficient (Wildman–Crippen LogP) is 5.14. The van der Waals surface area contributed by atoms with Crippen molar-refractivity contribution in [1.29, 1.82) is 0 Å². The molecular formula is C18H31O4P. The molecule has 0 aliphatic heterocycles.